The maximum absolute atomic E-state index is 12.9. The highest BCUT2D eigenvalue weighted by Gasteiger charge is 2.30. The Morgan fingerprint density at radius 1 is 1.30 bits per heavy atom. The van der Waals surface area contributed by atoms with Gasteiger partial charge >= 0.3 is 0 Å². The molecule has 0 radical (unpaired) electrons. The van der Waals surface area contributed by atoms with Crippen LogP contribution in [0.2, 0.25) is 0 Å². The minimum atomic E-state index is -0.371. The normalized spacial score (nSPS) is 14.5. The van der Waals surface area contributed by atoms with Crippen LogP contribution in [0.4, 0.5) is 11.4 Å². The largest absolute Gasteiger partial charge is 0.497 e. The zero-order valence-electron chi connectivity index (χ0n) is 14.8. The summed E-state index contributed by atoms with van der Waals surface area (Å²) in [4.78, 5) is 25.9. The van der Waals surface area contributed by atoms with E-state index in [1.54, 1.807) is 43.5 Å². The second-order valence-electron chi connectivity index (χ2n) is 5.89. The summed E-state index contributed by atoms with van der Waals surface area (Å²) in [5.41, 5.74) is 9.69. The molecule has 8 heteroatoms. The number of hydrogen-bond acceptors (Lipinski definition) is 6. The van der Waals surface area contributed by atoms with Crippen molar-refractivity contribution in [3.05, 3.63) is 53.8 Å². The van der Waals surface area contributed by atoms with Gasteiger partial charge in [0.1, 0.15) is 5.75 Å². The van der Waals surface area contributed by atoms with Crippen molar-refractivity contribution in [2.45, 2.75) is 6.42 Å². The number of benzene rings is 2. The van der Waals surface area contributed by atoms with E-state index in [4.69, 9.17) is 21.1 Å². The van der Waals surface area contributed by atoms with E-state index in [-0.39, 0.29) is 30.5 Å². The number of nitrogen functional groups attached to an aromatic ring is 1. The van der Waals surface area contributed by atoms with Gasteiger partial charge in [-0.2, -0.15) is 0 Å². The summed E-state index contributed by atoms with van der Waals surface area (Å²) in [6.07, 6.45) is 1.67. The van der Waals surface area contributed by atoms with Gasteiger partial charge in [0.15, 0.2) is 11.5 Å². The van der Waals surface area contributed by atoms with E-state index in [1.807, 2.05) is 12.1 Å². The van der Waals surface area contributed by atoms with Crippen molar-refractivity contribution >= 4 is 29.3 Å². The average Bonchev–Trinajstić information content (AvgIpc) is 2.68. The van der Waals surface area contributed by atoms with Gasteiger partial charge in [-0.15, -0.1) is 0 Å². The van der Waals surface area contributed by atoms with E-state index in [1.165, 1.54) is 4.90 Å². The lowest BCUT2D eigenvalue weighted by atomic mass is 10.1. The number of methoxy groups -OCH3 is 1. The summed E-state index contributed by atoms with van der Waals surface area (Å²) in [5.74, 6) is 5.62. The van der Waals surface area contributed by atoms with E-state index in [9.17, 15) is 9.59 Å². The first kappa shape index (κ1) is 18.3. The lowest BCUT2D eigenvalue weighted by Crippen LogP contribution is -2.40. The molecule has 8 nitrogen and oxygen atoms in total. The Morgan fingerprint density at radius 2 is 2.11 bits per heavy atom. The summed E-state index contributed by atoms with van der Waals surface area (Å²) in [5, 5.41) is 0. The lowest BCUT2D eigenvalue weighted by molar-refractivity contribution is -0.121. The average molecular weight is 368 g/mol. The summed E-state index contributed by atoms with van der Waals surface area (Å²) < 4.78 is 11.0. The molecule has 5 N–H and O–H groups in total. The van der Waals surface area contributed by atoms with Crippen LogP contribution in [-0.4, -0.2) is 25.5 Å². The predicted molar refractivity (Wildman–Crippen MR) is 102 cm³/mol. The standard InChI is InChI=1S/C19H20N4O4/c1-26-14-4-2-3-12(9-14)10-17-19(25)23(8-7-18(24)22-21)15-6-5-13(20)11-16(15)27-17/h2-6,9-11H,7-8,20-21H2,1H3,(H,22,24)/b17-10+. The number of hydrazine groups is 1. The quantitative estimate of drug-likeness (QED) is 0.241. The van der Waals surface area contributed by atoms with E-state index in [2.05, 4.69) is 5.43 Å². The van der Waals surface area contributed by atoms with Crippen LogP contribution in [0.5, 0.6) is 11.5 Å². The number of nitrogens with two attached hydrogens (primary N) is 2. The molecule has 0 unspecified atom stereocenters. The number of anilines is 2. The Labute approximate surface area is 156 Å². The maximum Gasteiger partial charge on any atom is 0.294 e. The Kier molecular flexibility index (Phi) is 5.28. The summed E-state index contributed by atoms with van der Waals surface area (Å²) in [7, 11) is 1.57. The molecular weight excluding hydrogens is 348 g/mol. The van der Waals surface area contributed by atoms with Crippen LogP contribution < -0.4 is 31.4 Å². The molecular formula is C19H20N4O4. The Morgan fingerprint density at radius 3 is 2.85 bits per heavy atom. The molecule has 0 atom stereocenters. The molecule has 1 aliphatic rings. The lowest BCUT2D eigenvalue weighted by Gasteiger charge is -2.30. The number of carbonyl (C=O) groups excluding carboxylic acids is 2. The third-order valence-corrected chi connectivity index (χ3v) is 4.07. The van der Waals surface area contributed by atoms with Gasteiger partial charge in [0.2, 0.25) is 5.91 Å². The van der Waals surface area contributed by atoms with Gasteiger partial charge in [0, 0.05) is 24.7 Å². The summed E-state index contributed by atoms with van der Waals surface area (Å²) >= 11 is 0. The smallest absolute Gasteiger partial charge is 0.294 e. The van der Waals surface area contributed by atoms with E-state index in [0.29, 0.717) is 22.9 Å². The maximum atomic E-state index is 12.9. The van der Waals surface area contributed by atoms with Crippen LogP contribution >= 0.6 is 0 Å². The van der Waals surface area contributed by atoms with Crippen LogP contribution in [-0.2, 0) is 9.59 Å². The number of rotatable bonds is 5. The molecule has 0 fully saturated rings. The number of nitrogens with zero attached hydrogens (tertiary/aromatic N) is 1. The van der Waals surface area contributed by atoms with Crippen molar-refractivity contribution in [1.29, 1.82) is 0 Å². The fourth-order valence-electron chi connectivity index (χ4n) is 2.72. The van der Waals surface area contributed by atoms with E-state index < -0.39 is 0 Å². The third-order valence-electron chi connectivity index (χ3n) is 4.07. The molecule has 0 aromatic heterocycles. The van der Waals surface area contributed by atoms with Gasteiger partial charge in [-0.3, -0.25) is 15.0 Å². The van der Waals surface area contributed by atoms with Crippen molar-refractivity contribution in [3.63, 3.8) is 0 Å². The van der Waals surface area contributed by atoms with Crippen LogP contribution in [0.3, 0.4) is 0 Å². The van der Waals surface area contributed by atoms with Crippen LogP contribution in [0, 0.1) is 0 Å². The molecule has 0 aliphatic carbocycles. The van der Waals surface area contributed by atoms with Crippen molar-refractivity contribution in [1.82, 2.24) is 5.43 Å². The van der Waals surface area contributed by atoms with Gasteiger partial charge in [-0.1, -0.05) is 12.1 Å². The number of amides is 2. The molecule has 0 saturated carbocycles. The van der Waals surface area contributed by atoms with Crippen LogP contribution in [0.1, 0.15) is 12.0 Å². The highest BCUT2D eigenvalue weighted by atomic mass is 16.5. The monoisotopic (exact) mass is 368 g/mol. The second-order valence-corrected chi connectivity index (χ2v) is 5.89. The number of fused-ring (bicyclic) bond motifs is 1. The van der Waals surface area contributed by atoms with Gasteiger partial charge in [0.05, 0.1) is 12.8 Å². The Balaban J connectivity index is 1.97. The second kappa shape index (κ2) is 7.79. The molecule has 0 bridgehead atoms. The van der Waals surface area contributed by atoms with Gasteiger partial charge in [0.25, 0.3) is 5.91 Å². The number of ether oxygens (including phenoxy) is 2. The molecule has 1 aliphatic heterocycles. The topological polar surface area (TPSA) is 120 Å². The highest BCUT2D eigenvalue weighted by Crippen LogP contribution is 2.37. The SMILES string of the molecule is COc1cccc(/C=C2/Oc3cc(N)ccc3N(CCC(=O)NN)C2=O)c1. The molecule has 0 spiro atoms. The summed E-state index contributed by atoms with van der Waals surface area (Å²) in [6, 6.07) is 12.2. The van der Waals surface area contributed by atoms with Crippen molar-refractivity contribution in [2.24, 2.45) is 5.84 Å². The zero-order valence-corrected chi connectivity index (χ0v) is 14.8. The van der Waals surface area contributed by atoms with Crippen molar-refractivity contribution in [2.75, 3.05) is 24.3 Å². The first-order valence-corrected chi connectivity index (χ1v) is 8.26. The van der Waals surface area contributed by atoms with Gasteiger partial charge in [-0.05, 0) is 35.9 Å². The summed E-state index contributed by atoms with van der Waals surface area (Å²) in [6.45, 7) is 0.150. The third kappa shape index (κ3) is 4.01. The molecule has 1 heterocycles. The molecule has 140 valence electrons. The van der Waals surface area contributed by atoms with E-state index in [0.717, 1.165) is 5.56 Å². The molecule has 0 saturated heterocycles. The molecule has 2 aromatic carbocycles. The molecule has 2 amide bonds. The minimum absolute atomic E-state index is 0.0541. The van der Waals surface area contributed by atoms with Crippen molar-refractivity contribution in [3.8, 4) is 11.5 Å². The van der Waals surface area contributed by atoms with Gasteiger partial charge < -0.3 is 20.1 Å². The number of carbonyl (C=O) groups is 2. The first-order valence-electron chi connectivity index (χ1n) is 8.26. The molecule has 2 aromatic rings. The molecule has 27 heavy (non-hydrogen) atoms. The Hall–Kier alpha value is -3.52. The minimum Gasteiger partial charge on any atom is -0.497 e. The highest BCUT2D eigenvalue weighted by molar-refractivity contribution is 6.10. The van der Waals surface area contributed by atoms with Crippen LogP contribution in [0.25, 0.3) is 6.08 Å². The zero-order chi connectivity index (χ0) is 19.4. The van der Waals surface area contributed by atoms with E-state index >= 15 is 0 Å². The Bertz CT molecular complexity index is 910. The number of nitrogens with one attached hydrogen (secondary N) is 1. The molecule has 3 rings (SSSR count). The number of hydrogen-bond donors (Lipinski definition) is 3. The van der Waals surface area contributed by atoms with Crippen molar-refractivity contribution < 1.29 is 19.1 Å². The first-order chi connectivity index (χ1) is 13.0. The van der Waals surface area contributed by atoms with Crippen LogP contribution in [0.15, 0.2) is 48.2 Å². The fourth-order valence-corrected chi connectivity index (χ4v) is 2.72. The predicted octanol–water partition coefficient (Wildman–Crippen LogP) is 1.42. The van der Waals surface area contributed by atoms with Gasteiger partial charge in [-0.25, -0.2) is 5.84 Å². The fraction of sp³-hybridized carbons (Fsp3) is 0.158.